The number of rotatable bonds is 7. The van der Waals surface area contributed by atoms with Crippen molar-refractivity contribution in [1.29, 1.82) is 5.26 Å². The highest BCUT2D eigenvalue weighted by Gasteiger charge is 2.14. The predicted octanol–water partition coefficient (Wildman–Crippen LogP) is 5.34. The minimum Gasteiger partial charge on any atom is -0.490 e. The first kappa shape index (κ1) is 20.6. The van der Waals surface area contributed by atoms with Gasteiger partial charge >= 0.3 is 0 Å². The first-order chi connectivity index (χ1) is 13.0. The van der Waals surface area contributed by atoms with Crippen molar-refractivity contribution in [3.63, 3.8) is 0 Å². The molecule has 0 aromatic heterocycles. The van der Waals surface area contributed by atoms with Crippen molar-refractivity contribution in [2.75, 3.05) is 18.5 Å². The Morgan fingerprint density at radius 2 is 1.70 bits per heavy atom. The van der Waals surface area contributed by atoms with Crippen LogP contribution in [-0.4, -0.2) is 19.1 Å². The van der Waals surface area contributed by atoms with Gasteiger partial charge in [-0.25, -0.2) is 0 Å². The summed E-state index contributed by atoms with van der Waals surface area (Å²) >= 11 is 12.1. The number of benzene rings is 2. The molecule has 5 nitrogen and oxygen atoms in total. The van der Waals surface area contributed by atoms with Crippen molar-refractivity contribution in [2.45, 2.75) is 13.8 Å². The molecule has 1 N–H and O–H groups in total. The summed E-state index contributed by atoms with van der Waals surface area (Å²) in [5, 5.41) is 12.9. The zero-order valence-electron chi connectivity index (χ0n) is 14.9. The second-order valence-corrected chi connectivity index (χ2v) is 6.16. The van der Waals surface area contributed by atoms with E-state index in [1.54, 1.807) is 36.4 Å². The minimum absolute atomic E-state index is 0.0986. The molecule has 2 rings (SSSR count). The maximum atomic E-state index is 12.4. The van der Waals surface area contributed by atoms with Gasteiger partial charge < -0.3 is 14.8 Å². The fourth-order valence-corrected chi connectivity index (χ4v) is 2.57. The van der Waals surface area contributed by atoms with Crippen LogP contribution in [0.1, 0.15) is 19.4 Å². The van der Waals surface area contributed by atoms with Crippen molar-refractivity contribution in [3.05, 3.63) is 57.6 Å². The van der Waals surface area contributed by atoms with E-state index in [2.05, 4.69) is 5.32 Å². The summed E-state index contributed by atoms with van der Waals surface area (Å²) in [6, 6.07) is 11.7. The van der Waals surface area contributed by atoms with Crippen LogP contribution in [0.25, 0.3) is 6.08 Å². The number of nitrogens with one attached hydrogen (secondary N) is 1. The molecular weight excluding hydrogens is 387 g/mol. The average molecular weight is 405 g/mol. The Hall–Kier alpha value is -2.68. The van der Waals surface area contributed by atoms with E-state index in [1.165, 1.54) is 6.08 Å². The summed E-state index contributed by atoms with van der Waals surface area (Å²) in [4.78, 5) is 12.4. The van der Waals surface area contributed by atoms with Crippen LogP contribution in [0, 0.1) is 11.3 Å². The van der Waals surface area contributed by atoms with Crippen LogP contribution in [0.15, 0.2) is 42.0 Å². The van der Waals surface area contributed by atoms with E-state index in [4.69, 9.17) is 32.7 Å². The van der Waals surface area contributed by atoms with Crippen molar-refractivity contribution in [1.82, 2.24) is 0 Å². The smallest absolute Gasteiger partial charge is 0.266 e. The predicted molar refractivity (Wildman–Crippen MR) is 107 cm³/mol. The zero-order valence-corrected chi connectivity index (χ0v) is 16.4. The Bertz CT molecular complexity index is 887. The molecule has 0 radical (unpaired) electrons. The molecule has 0 atom stereocenters. The first-order valence-electron chi connectivity index (χ1n) is 8.26. The SMILES string of the molecule is CCOc1cc(Cl)c(/C=C(\C#N)C(=O)Nc2ccc(Cl)cc2)cc1OCC. The molecule has 0 unspecified atom stereocenters. The third-order valence-electron chi connectivity index (χ3n) is 3.43. The van der Waals surface area contributed by atoms with Gasteiger partial charge in [-0.2, -0.15) is 5.26 Å². The fourth-order valence-electron chi connectivity index (χ4n) is 2.23. The van der Waals surface area contributed by atoms with Gasteiger partial charge in [-0.05, 0) is 55.8 Å². The molecule has 0 heterocycles. The van der Waals surface area contributed by atoms with Crippen molar-refractivity contribution in [3.8, 4) is 17.6 Å². The lowest BCUT2D eigenvalue weighted by Crippen LogP contribution is -2.13. The highest BCUT2D eigenvalue weighted by molar-refractivity contribution is 6.32. The number of nitriles is 1. The van der Waals surface area contributed by atoms with Crippen LogP contribution in [0.2, 0.25) is 10.0 Å². The van der Waals surface area contributed by atoms with Gasteiger partial charge in [0.05, 0.1) is 18.2 Å². The summed E-state index contributed by atoms with van der Waals surface area (Å²) in [7, 11) is 0. The minimum atomic E-state index is -0.553. The van der Waals surface area contributed by atoms with Gasteiger partial charge in [-0.3, -0.25) is 4.79 Å². The summed E-state index contributed by atoms with van der Waals surface area (Å²) in [6.07, 6.45) is 1.41. The number of hydrogen-bond donors (Lipinski definition) is 1. The molecule has 7 heteroatoms. The molecule has 0 aliphatic carbocycles. The molecule has 27 heavy (non-hydrogen) atoms. The average Bonchev–Trinajstić information content (AvgIpc) is 2.65. The maximum absolute atomic E-state index is 12.4. The van der Waals surface area contributed by atoms with Crippen molar-refractivity contribution >= 4 is 40.9 Å². The van der Waals surface area contributed by atoms with Gasteiger partial charge in [0.1, 0.15) is 11.6 Å². The molecule has 0 fully saturated rings. The summed E-state index contributed by atoms with van der Waals surface area (Å²) in [5.41, 5.74) is 0.906. The monoisotopic (exact) mass is 404 g/mol. The summed E-state index contributed by atoms with van der Waals surface area (Å²) in [6.45, 7) is 4.60. The zero-order chi connectivity index (χ0) is 19.8. The van der Waals surface area contributed by atoms with E-state index in [-0.39, 0.29) is 5.57 Å². The van der Waals surface area contributed by atoms with Gasteiger partial charge in [-0.1, -0.05) is 23.2 Å². The number of ether oxygens (including phenoxy) is 2. The van der Waals surface area contributed by atoms with E-state index in [1.807, 2.05) is 19.9 Å². The van der Waals surface area contributed by atoms with Gasteiger partial charge in [0.25, 0.3) is 5.91 Å². The lowest BCUT2D eigenvalue weighted by atomic mass is 10.1. The van der Waals surface area contributed by atoms with Crippen LogP contribution in [0.3, 0.4) is 0 Å². The summed E-state index contributed by atoms with van der Waals surface area (Å²) < 4.78 is 11.1. The van der Waals surface area contributed by atoms with E-state index >= 15 is 0 Å². The highest BCUT2D eigenvalue weighted by Crippen LogP contribution is 2.34. The molecule has 0 saturated carbocycles. The lowest BCUT2D eigenvalue weighted by molar-refractivity contribution is -0.112. The van der Waals surface area contributed by atoms with Crippen molar-refractivity contribution in [2.24, 2.45) is 0 Å². The lowest BCUT2D eigenvalue weighted by Gasteiger charge is -2.13. The second kappa shape index (κ2) is 9.86. The highest BCUT2D eigenvalue weighted by atomic mass is 35.5. The number of carbonyl (C=O) groups excluding carboxylic acids is 1. The van der Waals surface area contributed by atoms with Crippen LogP contribution in [-0.2, 0) is 4.79 Å². The van der Waals surface area contributed by atoms with E-state index in [0.717, 1.165) is 0 Å². The number of halogens is 2. The molecule has 0 aliphatic heterocycles. The molecule has 140 valence electrons. The van der Waals surface area contributed by atoms with E-state index in [0.29, 0.717) is 46.0 Å². The Labute approximate surface area is 168 Å². The van der Waals surface area contributed by atoms with Crippen LogP contribution >= 0.6 is 23.2 Å². The Morgan fingerprint density at radius 1 is 1.11 bits per heavy atom. The Kier molecular flexibility index (Phi) is 7.54. The maximum Gasteiger partial charge on any atom is 0.266 e. The van der Waals surface area contributed by atoms with Gasteiger partial charge in [0, 0.05) is 16.8 Å². The fraction of sp³-hybridized carbons (Fsp3) is 0.200. The Balaban J connectivity index is 2.32. The van der Waals surface area contributed by atoms with Crippen LogP contribution < -0.4 is 14.8 Å². The molecular formula is C20H18Cl2N2O3. The number of anilines is 1. The summed E-state index contributed by atoms with van der Waals surface area (Å²) in [5.74, 6) is 0.443. The number of hydrogen-bond acceptors (Lipinski definition) is 4. The number of nitrogens with zero attached hydrogens (tertiary/aromatic N) is 1. The normalized spacial score (nSPS) is 10.9. The molecule has 0 saturated heterocycles. The quantitative estimate of drug-likeness (QED) is 0.499. The molecule has 0 bridgehead atoms. The standard InChI is InChI=1S/C20H18Cl2N2O3/c1-3-26-18-10-13(17(22)11-19(18)27-4-2)9-14(12-23)20(25)24-16-7-5-15(21)6-8-16/h5-11H,3-4H2,1-2H3,(H,24,25)/b14-9+. The largest absolute Gasteiger partial charge is 0.490 e. The molecule has 0 aliphatic rings. The number of carbonyl (C=O) groups is 1. The second-order valence-electron chi connectivity index (χ2n) is 5.32. The van der Waals surface area contributed by atoms with Crippen molar-refractivity contribution < 1.29 is 14.3 Å². The first-order valence-corrected chi connectivity index (χ1v) is 9.01. The molecule has 1 amide bonds. The third kappa shape index (κ3) is 5.65. The van der Waals surface area contributed by atoms with E-state index in [9.17, 15) is 10.1 Å². The van der Waals surface area contributed by atoms with Crippen LogP contribution in [0.4, 0.5) is 5.69 Å². The topological polar surface area (TPSA) is 71.3 Å². The van der Waals surface area contributed by atoms with Gasteiger partial charge in [0.15, 0.2) is 11.5 Å². The molecule has 0 spiro atoms. The molecule has 2 aromatic carbocycles. The van der Waals surface area contributed by atoms with Crippen LogP contribution in [0.5, 0.6) is 11.5 Å². The number of amides is 1. The molecule has 2 aromatic rings. The third-order valence-corrected chi connectivity index (χ3v) is 4.01. The van der Waals surface area contributed by atoms with E-state index < -0.39 is 5.91 Å². The van der Waals surface area contributed by atoms with Gasteiger partial charge in [0.2, 0.25) is 0 Å². The van der Waals surface area contributed by atoms with Gasteiger partial charge in [-0.15, -0.1) is 0 Å². The Morgan fingerprint density at radius 3 is 2.26 bits per heavy atom.